The molecule has 1 heterocycles. The van der Waals surface area contributed by atoms with Crippen LogP contribution in [0.5, 0.6) is 0 Å². The molecule has 1 amide bonds. The number of rotatable bonds is 4. The third-order valence-corrected chi connectivity index (χ3v) is 2.58. The van der Waals surface area contributed by atoms with E-state index in [9.17, 15) is 4.79 Å². The summed E-state index contributed by atoms with van der Waals surface area (Å²) in [6.07, 6.45) is 0.450. The molecule has 0 spiro atoms. The van der Waals surface area contributed by atoms with Gasteiger partial charge < -0.3 is 5.32 Å². The van der Waals surface area contributed by atoms with E-state index in [4.69, 9.17) is 0 Å². The van der Waals surface area contributed by atoms with Gasteiger partial charge in [0.05, 0.1) is 12.2 Å². The third-order valence-electron chi connectivity index (χ3n) is 2.58. The zero-order valence-corrected chi connectivity index (χ0v) is 10.4. The Kier molecular flexibility index (Phi) is 3.66. The van der Waals surface area contributed by atoms with Crippen LogP contribution in [0.25, 0.3) is 5.69 Å². The molecule has 94 valence electrons. The fraction of sp³-hybridized carbons (Fsp3) is 0.333. The van der Waals surface area contributed by atoms with Crippen LogP contribution < -0.4 is 5.32 Å². The van der Waals surface area contributed by atoms with Gasteiger partial charge in [-0.3, -0.25) is 4.79 Å². The molecule has 0 aliphatic carbocycles. The number of amides is 1. The molecular weight excluding hydrogens is 230 g/mol. The van der Waals surface area contributed by atoms with Crippen LogP contribution in [-0.2, 0) is 11.3 Å². The lowest BCUT2D eigenvalue weighted by Gasteiger charge is -2.05. The summed E-state index contributed by atoms with van der Waals surface area (Å²) >= 11 is 0. The number of carbonyl (C=O) groups is 1. The molecule has 0 fully saturated rings. The number of tetrazole rings is 1. The summed E-state index contributed by atoms with van der Waals surface area (Å²) < 4.78 is 1.62. The van der Waals surface area contributed by atoms with E-state index >= 15 is 0 Å². The summed E-state index contributed by atoms with van der Waals surface area (Å²) in [5.41, 5.74) is 2.05. The molecule has 0 saturated carbocycles. The van der Waals surface area contributed by atoms with Crippen LogP contribution in [-0.4, -0.2) is 26.1 Å². The Hall–Kier alpha value is -2.24. The van der Waals surface area contributed by atoms with Crippen molar-refractivity contribution in [3.63, 3.8) is 0 Å². The van der Waals surface area contributed by atoms with Gasteiger partial charge in [0.25, 0.3) is 0 Å². The maximum atomic E-state index is 11.2. The zero-order valence-electron chi connectivity index (χ0n) is 10.4. The molecule has 1 aromatic carbocycles. The predicted octanol–water partition coefficient (Wildman–Crippen LogP) is 0.997. The molecule has 0 aliphatic heterocycles. The molecular formula is C12H15N5O. The van der Waals surface area contributed by atoms with Crippen molar-refractivity contribution in [1.29, 1.82) is 0 Å². The quantitative estimate of drug-likeness (QED) is 0.872. The normalized spacial score (nSPS) is 10.3. The van der Waals surface area contributed by atoms with E-state index in [1.807, 2.05) is 31.2 Å². The first-order valence-corrected chi connectivity index (χ1v) is 5.81. The number of carbonyl (C=O) groups excluding carboxylic acids is 1. The molecule has 6 nitrogen and oxygen atoms in total. The minimum Gasteiger partial charge on any atom is -0.349 e. The predicted molar refractivity (Wildman–Crippen MR) is 66.0 cm³/mol. The first-order chi connectivity index (χ1) is 8.70. The molecule has 2 aromatic rings. The number of hydrogen-bond donors (Lipinski definition) is 1. The minimum atomic E-state index is -0.0199. The van der Waals surface area contributed by atoms with E-state index in [1.54, 1.807) is 11.6 Å². The summed E-state index contributed by atoms with van der Waals surface area (Å²) in [5.74, 6) is 0.592. The smallest absolute Gasteiger partial charge is 0.220 e. The molecule has 18 heavy (non-hydrogen) atoms. The maximum Gasteiger partial charge on any atom is 0.220 e. The standard InChI is InChI=1S/C12H15N5O/c1-3-12(18)13-8-11-14-15-16-17(11)10-6-4-9(2)5-7-10/h4-7H,3,8H2,1-2H3,(H,13,18). The summed E-state index contributed by atoms with van der Waals surface area (Å²) in [5, 5.41) is 14.2. The average molecular weight is 245 g/mol. The van der Waals surface area contributed by atoms with Gasteiger partial charge in [0, 0.05) is 6.42 Å². The van der Waals surface area contributed by atoms with E-state index in [-0.39, 0.29) is 5.91 Å². The highest BCUT2D eigenvalue weighted by Crippen LogP contribution is 2.09. The number of benzene rings is 1. The van der Waals surface area contributed by atoms with Gasteiger partial charge in [0.15, 0.2) is 5.82 Å². The maximum absolute atomic E-state index is 11.2. The Morgan fingerprint density at radius 1 is 1.33 bits per heavy atom. The average Bonchev–Trinajstić information content (AvgIpc) is 2.85. The highest BCUT2D eigenvalue weighted by Gasteiger charge is 2.08. The molecule has 6 heteroatoms. The van der Waals surface area contributed by atoms with Gasteiger partial charge in [-0.05, 0) is 29.5 Å². The van der Waals surface area contributed by atoms with Crippen molar-refractivity contribution in [2.45, 2.75) is 26.8 Å². The van der Waals surface area contributed by atoms with E-state index in [1.165, 1.54) is 5.56 Å². The molecule has 0 atom stereocenters. The SMILES string of the molecule is CCC(=O)NCc1nnnn1-c1ccc(C)cc1. The van der Waals surface area contributed by atoms with Crippen molar-refractivity contribution in [1.82, 2.24) is 25.5 Å². The van der Waals surface area contributed by atoms with E-state index in [2.05, 4.69) is 20.8 Å². The Morgan fingerprint density at radius 2 is 2.06 bits per heavy atom. The summed E-state index contributed by atoms with van der Waals surface area (Å²) in [6, 6.07) is 7.87. The number of nitrogens with one attached hydrogen (secondary N) is 1. The highest BCUT2D eigenvalue weighted by molar-refractivity contribution is 5.75. The molecule has 0 unspecified atom stereocenters. The monoisotopic (exact) mass is 245 g/mol. The molecule has 0 aliphatic rings. The lowest BCUT2D eigenvalue weighted by Crippen LogP contribution is -2.23. The van der Waals surface area contributed by atoms with Crippen LogP contribution in [0.4, 0.5) is 0 Å². The molecule has 0 bridgehead atoms. The van der Waals surface area contributed by atoms with Crippen molar-refractivity contribution in [2.75, 3.05) is 0 Å². The molecule has 1 aromatic heterocycles. The number of hydrogen-bond acceptors (Lipinski definition) is 4. The third kappa shape index (κ3) is 2.71. The Balaban J connectivity index is 2.17. The van der Waals surface area contributed by atoms with Crippen LogP contribution in [0.1, 0.15) is 24.7 Å². The van der Waals surface area contributed by atoms with Gasteiger partial charge in [0.1, 0.15) is 0 Å². The molecule has 2 rings (SSSR count). The Labute approximate surface area is 105 Å². The first-order valence-electron chi connectivity index (χ1n) is 5.81. The van der Waals surface area contributed by atoms with Gasteiger partial charge in [0.2, 0.25) is 5.91 Å². The van der Waals surface area contributed by atoms with Gasteiger partial charge in [-0.15, -0.1) is 5.10 Å². The molecule has 0 saturated heterocycles. The number of aryl methyl sites for hydroxylation is 1. The van der Waals surface area contributed by atoms with Crippen LogP contribution in [0, 0.1) is 6.92 Å². The zero-order chi connectivity index (χ0) is 13.0. The van der Waals surface area contributed by atoms with E-state index < -0.39 is 0 Å². The van der Waals surface area contributed by atoms with Gasteiger partial charge >= 0.3 is 0 Å². The Bertz CT molecular complexity index is 532. The van der Waals surface area contributed by atoms with Gasteiger partial charge in [-0.1, -0.05) is 24.6 Å². The van der Waals surface area contributed by atoms with E-state index in [0.29, 0.717) is 18.8 Å². The lowest BCUT2D eigenvalue weighted by atomic mass is 10.2. The van der Waals surface area contributed by atoms with Crippen molar-refractivity contribution >= 4 is 5.91 Å². The second-order valence-corrected chi connectivity index (χ2v) is 3.97. The summed E-state index contributed by atoms with van der Waals surface area (Å²) in [4.78, 5) is 11.2. The first kappa shape index (κ1) is 12.2. The van der Waals surface area contributed by atoms with E-state index in [0.717, 1.165) is 5.69 Å². The second kappa shape index (κ2) is 5.39. The van der Waals surface area contributed by atoms with Crippen LogP contribution in [0.15, 0.2) is 24.3 Å². The van der Waals surface area contributed by atoms with Crippen LogP contribution in [0.2, 0.25) is 0 Å². The fourth-order valence-corrected chi connectivity index (χ4v) is 1.51. The van der Waals surface area contributed by atoms with Crippen molar-refractivity contribution in [3.05, 3.63) is 35.7 Å². The fourth-order valence-electron chi connectivity index (χ4n) is 1.51. The molecule has 0 radical (unpaired) electrons. The summed E-state index contributed by atoms with van der Waals surface area (Å²) in [7, 11) is 0. The number of nitrogens with zero attached hydrogens (tertiary/aromatic N) is 4. The van der Waals surface area contributed by atoms with Crippen LogP contribution in [0.3, 0.4) is 0 Å². The molecule has 1 N–H and O–H groups in total. The van der Waals surface area contributed by atoms with Gasteiger partial charge in [-0.25, -0.2) is 0 Å². The van der Waals surface area contributed by atoms with Crippen molar-refractivity contribution in [3.8, 4) is 5.69 Å². The van der Waals surface area contributed by atoms with Gasteiger partial charge in [-0.2, -0.15) is 4.68 Å². The largest absolute Gasteiger partial charge is 0.349 e. The Morgan fingerprint density at radius 3 is 2.72 bits per heavy atom. The van der Waals surface area contributed by atoms with Crippen molar-refractivity contribution in [2.24, 2.45) is 0 Å². The highest BCUT2D eigenvalue weighted by atomic mass is 16.1. The lowest BCUT2D eigenvalue weighted by molar-refractivity contribution is -0.120. The van der Waals surface area contributed by atoms with Crippen molar-refractivity contribution < 1.29 is 4.79 Å². The summed E-state index contributed by atoms with van der Waals surface area (Å²) in [6.45, 7) is 4.15. The second-order valence-electron chi connectivity index (χ2n) is 3.97. The minimum absolute atomic E-state index is 0.0199. The van der Waals surface area contributed by atoms with Crippen LogP contribution >= 0.6 is 0 Å². The number of aromatic nitrogens is 4. The topological polar surface area (TPSA) is 72.7 Å².